The molecule has 1 aromatic heterocycles. The molecule has 1 amide bonds. The number of anilines is 1. The Hall–Kier alpha value is -2.59. The first-order valence-corrected chi connectivity index (χ1v) is 9.66. The van der Waals surface area contributed by atoms with E-state index < -0.39 is 22.8 Å². The van der Waals surface area contributed by atoms with Crippen LogP contribution in [0.1, 0.15) is 13.8 Å². The van der Waals surface area contributed by atoms with Crippen molar-refractivity contribution >= 4 is 41.2 Å². The number of carbonyl (C=O) groups is 2. The molecule has 3 unspecified atom stereocenters. The van der Waals surface area contributed by atoms with E-state index in [1.807, 2.05) is 19.9 Å². The highest BCUT2D eigenvalue weighted by Gasteiger charge is 2.64. The summed E-state index contributed by atoms with van der Waals surface area (Å²) in [7, 11) is 0. The number of fused-ring (bicyclic) bond motifs is 1. The molecule has 1 aromatic carbocycles. The van der Waals surface area contributed by atoms with E-state index in [0.29, 0.717) is 5.75 Å². The van der Waals surface area contributed by atoms with Gasteiger partial charge in [0.05, 0.1) is 0 Å². The molecule has 2 fully saturated rings. The van der Waals surface area contributed by atoms with E-state index in [0.717, 1.165) is 0 Å². The predicted molar refractivity (Wildman–Crippen MR) is 102 cm³/mol. The van der Waals surface area contributed by atoms with Crippen LogP contribution in [0, 0.1) is 0 Å². The number of amides is 1. The molecule has 0 radical (unpaired) electrons. The molecule has 0 saturated carbocycles. The largest absolute Gasteiger partial charge is 0.480 e. The Balaban J connectivity index is 1.53. The molecule has 146 valence electrons. The van der Waals surface area contributed by atoms with Crippen LogP contribution in [0.15, 0.2) is 30.3 Å². The first-order valence-electron chi connectivity index (χ1n) is 8.40. The number of thioether (sulfide) groups is 1. The molecule has 11 heteroatoms. The summed E-state index contributed by atoms with van der Waals surface area (Å²) in [6.07, 6.45) is 0. The number of ether oxygens (including phenoxy) is 1. The lowest BCUT2D eigenvalue weighted by molar-refractivity contribution is -0.158. The number of aromatic nitrogens is 3. The van der Waals surface area contributed by atoms with E-state index in [1.54, 1.807) is 24.3 Å². The van der Waals surface area contributed by atoms with Gasteiger partial charge < -0.3 is 20.1 Å². The number of nitrogens with zero attached hydrogens (tertiary/aromatic N) is 4. The van der Waals surface area contributed by atoms with Gasteiger partial charge in [0.1, 0.15) is 23.2 Å². The standard InChI is InChI=1S/C17H16ClN5O4S/c1-17(2)10(13(25)26)23-11(24)9(12(23)28-17)19-15-20-14(18)21-16(22-15)27-8-6-4-3-5-7-8/h3-7,9-10,12H,1-2H3,(H,25,26)(H,19,20,21,22). The Labute approximate surface area is 169 Å². The maximum Gasteiger partial charge on any atom is 0.328 e. The second kappa shape index (κ2) is 6.78. The topological polar surface area (TPSA) is 118 Å². The Morgan fingerprint density at radius 3 is 2.68 bits per heavy atom. The quantitative estimate of drug-likeness (QED) is 0.700. The zero-order chi connectivity index (χ0) is 20.1. The van der Waals surface area contributed by atoms with Crippen LogP contribution in [0.25, 0.3) is 0 Å². The fraction of sp³-hybridized carbons (Fsp3) is 0.353. The van der Waals surface area contributed by atoms with E-state index in [1.165, 1.54) is 16.7 Å². The summed E-state index contributed by atoms with van der Waals surface area (Å²) in [5.74, 6) is -0.730. The number of rotatable bonds is 5. The fourth-order valence-corrected chi connectivity index (χ4v) is 5.10. The van der Waals surface area contributed by atoms with Gasteiger partial charge in [0.25, 0.3) is 0 Å². The van der Waals surface area contributed by atoms with E-state index in [4.69, 9.17) is 16.3 Å². The van der Waals surface area contributed by atoms with Gasteiger partial charge >= 0.3 is 12.0 Å². The molecular weight excluding hydrogens is 406 g/mol. The number of hydrogen-bond acceptors (Lipinski definition) is 8. The van der Waals surface area contributed by atoms with Crippen LogP contribution in [-0.4, -0.2) is 59.0 Å². The van der Waals surface area contributed by atoms with Crippen LogP contribution in [0.3, 0.4) is 0 Å². The normalized spacial score (nSPS) is 25.0. The number of nitrogens with one attached hydrogen (secondary N) is 1. The molecule has 9 nitrogen and oxygen atoms in total. The summed E-state index contributed by atoms with van der Waals surface area (Å²) >= 11 is 7.38. The van der Waals surface area contributed by atoms with Crippen molar-refractivity contribution < 1.29 is 19.4 Å². The molecular formula is C17H16ClN5O4S. The van der Waals surface area contributed by atoms with Crippen LogP contribution in [-0.2, 0) is 9.59 Å². The van der Waals surface area contributed by atoms with Gasteiger partial charge in [-0.25, -0.2) is 4.79 Å². The summed E-state index contributed by atoms with van der Waals surface area (Å²) in [5, 5.41) is 12.0. The molecule has 3 atom stereocenters. The third-order valence-electron chi connectivity index (χ3n) is 4.50. The number of carboxylic acids is 1. The molecule has 3 heterocycles. The smallest absolute Gasteiger partial charge is 0.328 e. The van der Waals surface area contributed by atoms with E-state index >= 15 is 0 Å². The van der Waals surface area contributed by atoms with Crippen molar-refractivity contribution in [2.45, 2.75) is 36.1 Å². The highest BCUT2D eigenvalue weighted by molar-refractivity contribution is 8.01. The molecule has 2 saturated heterocycles. The van der Waals surface area contributed by atoms with Gasteiger partial charge in [0.2, 0.25) is 17.1 Å². The number of β-lactam (4-membered cyclic amide) rings is 1. The van der Waals surface area contributed by atoms with Crippen molar-refractivity contribution in [1.82, 2.24) is 19.9 Å². The van der Waals surface area contributed by atoms with Crippen LogP contribution in [0.5, 0.6) is 11.8 Å². The molecule has 2 N–H and O–H groups in total. The van der Waals surface area contributed by atoms with Crippen molar-refractivity contribution in [3.05, 3.63) is 35.6 Å². The van der Waals surface area contributed by atoms with Gasteiger partial charge in [-0.05, 0) is 37.6 Å². The van der Waals surface area contributed by atoms with Crippen molar-refractivity contribution in [1.29, 1.82) is 0 Å². The van der Waals surface area contributed by atoms with Crippen LogP contribution >= 0.6 is 23.4 Å². The summed E-state index contributed by atoms with van der Waals surface area (Å²) in [6.45, 7) is 3.62. The fourth-order valence-electron chi connectivity index (χ4n) is 3.32. The summed E-state index contributed by atoms with van der Waals surface area (Å²) < 4.78 is 4.95. The van der Waals surface area contributed by atoms with Gasteiger partial charge in [-0.1, -0.05) is 18.2 Å². The van der Waals surface area contributed by atoms with Crippen molar-refractivity contribution in [2.75, 3.05) is 5.32 Å². The minimum atomic E-state index is -1.02. The number of aliphatic carboxylic acids is 1. The van der Waals surface area contributed by atoms with Gasteiger partial charge in [-0.3, -0.25) is 4.79 Å². The average Bonchev–Trinajstić information content (AvgIpc) is 2.88. The second-order valence-electron chi connectivity index (χ2n) is 6.85. The predicted octanol–water partition coefficient (Wildman–Crippen LogP) is 2.24. The number of carbonyl (C=O) groups excluding carboxylic acids is 1. The minimum absolute atomic E-state index is 0.0138. The molecule has 0 spiro atoms. The monoisotopic (exact) mass is 421 g/mol. The first kappa shape index (κ1) is 18.8. The summed E-state index contributed by atoms with van der Waals surface area (Å²) in [5.41, 5.74) is 0. The lowest BCUT2D eigenvalue weighted by Crippen LogP contribution is -2.68. The summed E-state index contributed by atoms with van der Waals surface area (Å²) in [4.78, 5) is 37.6. The molecule has 2 aromatic rings. The molecule has 2 aliphatic rings. The summed E-state index contributed by atoms with van der Waals surface area (Å²) in [6, 6.07) is 7.37. The molecule has 4 rings (SSSR count). The first-order chi connectivity index (χ1) is 13.3. The lowest BCUT2D eigenvalue weighted by Gasteiger charge is -2.43. The number of carboxylic acid groups (broad SMARTS) is 1. The SMILES string of the molecule is CC1(C)SC2C(Nc3nc(Cl)nc(Oc4ccccc4)n3)C(=O)N2C1C(=O)O. The van der Waals surface area contributed by atoms with E-state index in [2.05, 4.69) is 20.3 Å². The molecule has 0 bridgehead atoms. The Kier molecular flexibility index (Phi) is 4.54. The Morgan fingerprint density at radius 1 is 1.29 bits per heavy atom. The number of para-hydroxylation sites is 1. The van der Waals surface area contributed by atoms with Gasteiger partial charge in [-0.2, -0.15) is 15.0 Å². The van der Waals surface area contributed by atoms with E-state index in [9.17, 15) is 14.7 Å². The van der Waals surface area contributed by atoms with Crippen molar-refractivity contribution in [3.8, 4) is 11.8 Å². The maximum absolute atomic E-state index is 12.6. The molecule has 2 aliphatic heterocycles. The van der Waals surface area contributed by atoms with E-state index in [-0.39, 0.29) is 28.5 Å². The lowest BCUT2D eigenvalue weighted by atomic mass is 9.96. The van der Waals surface area contributed by atoms with Crippen LogP contribution in [0.2, 0.25) is 5.28 Å². The van der Waals surface area contributed by atoms with Gasteiger partial charge in [-0.15, -0.1) is 11.8 Å². The highest BCUT2D eigenvalue weighted by atomic mass is 35.5. The minimum Gasteiger partial charge on any atom is -0.480 e. The maximum atomic E-state index is 12.6. The molecule has 0 aliphatic carbocycles. The Bertz CT molecular complexity index is 944. The number of halogens is 1. The van der Waals surface area contributed by atoms with Crippen LogP contribution in [0.4, 0.5) is 5.95 Å². The van der Waals surface area contributed by atoms with Crippen LogP contribution < -0.4 is 10.1 Å². The number of hydrogen-bond donors (Lipinski definition) is 2. The second-order valence-corrected chi connectivity index (χ2v) is 8.95. The Morgan fingerprint density at radius 2 is 2.00 bits per heavy atom. The average molecular weight is 422 g/mol. The third kappa shape index (κ3) is 3.22. The zero-order valence-corrected chi connectivity index (χ0v) is 16.4. The third-order valence-corrected chi connectivity index (χ3v) is 6.24. The molecule has 28 heavy (non-hydrogen) atoms. The highest BCUT2D eigenvalue weighted by Crippen LogP contribution is 2.51. The van der Waals surface area contributed by atoms with Crippen molar-refractivity contribution in [3.63, 3.8) is 0 Å². The van der Waals surface area contributed by atoms with Gasteiger partial charge in [0.15, 0.2) is 0 Å². The van der Waals surface area contributed by atoms with Crippen molar-refractivity contribution in [2.24, 2.45) is 0 Å². The number of benzene rings is 1. The van der Waals surface area contributed by atoms with Gasteiger partial charge in [0, 0.05) is 4.75 Å². The zero-order valence-electron chi connectivity index (χ0n) is 14.9.